The third-order valence-corrected chi connectivity index (χ3v) is 6.68. The highest BCUT2D eigenvalue weighted by molar-refractivity contribution is 6.11. The molecule has 2 aromatic heterocycles. The Morgan fingerprint density at radius 1 is 1.00 bits per heavy atom. The second-order valence-electron chi connectivity index (χ2n) is 10.5. The van der Waals surface area contributed by atoms with E-state index in [2.05, 4.69) is 63.7 Å². The molecule has 5 rings (SSSR count). The van der Waals surface area contributed by atoms with Gasteiger partial charge in [0.1, 0.15) is 18.2 Å². The Kier molecular flexibility index (Phi) is 7.37. The van der Waals surface area contributed by atoms with Crippen LogP contribution in [0.25, 0.3) is 10.8 Å². The first-order valence-electron chi connectivity index (χ1n) is 13.1. The van der Waals surface area contributed by atoms with Gasteiger partial charge in [0.15, 0.2) is 0 Å². The van der Waals surface area contributed by atoms with Crippen LogP contribution in [-0.2, 0) is 12.0 Å². The van der Waals surface area contributed by atoms with Crippen LogP contribution < -0.4 is 20.3 Å². The first kappa shape index (κ1) is 26.7. The third kappa shape index (κ3) is 5.58. The van der Waals surface area contributed by atoms with E-state index >= 15 is 0 Å². The lowest BCUT2D eigenvalue weighted by Crippen LogP contribution is -2.32. The number of hydrogen-bond donors (Lipinski definition) is 3. The minimum absolute atomic E-state index is 0.0784. The van der Waals surface area contributed by atoms with Crippen molar-refractivity contribution in [2.45, 2.75) is 39.7 Å². The minimum atomic E-state index is -0.308. The zero-order chi connectivity index (χ0) is 28.3. The molecule has 0 saturated heterocycles. The minimum Gasteiger partial charge on any atom is -0.487 e. The number of aromatic nitrogens is 4. The fraction of sp³-hybridized carbons (Fsp3) is 0.226. The van der Waals surface area contributed by atoms with Gasteiger partial charge in [-0.15, -0.1) is 0 Å². The molecule has 3 N–H and O–H groups in total. The lowest BCUT2D eigenvalue weighted by Gasteiger charge is -2.27. The van der Waals surface area contributed by atoms with Crippen LogP contribution in [0.1, 0.15) is 37.6 Å². The molecule has 5 aromatic rings. The van der Waals surface area contributed by atoms with Crippen LogP contribution in [0.4, 0.5) is 27.9 Å². The molecule has 2 amide bonds. The quantitative estimate of drug-likeness (QED) is 0.208. The van der Waals surface area contributed by atoms with Crippen LogP contribution >= 0.6 is 0 Å². The standard InChI is InChI=1S/C31H33N7O2/c1-20-10-11-21(31(2,3)4)18-26(20)38(28-15-17-34-37-28)30(39)36-25-12-13-27(24-9-7-6-8-23(24)25)40-19-22-14-16-33-29(32-5)35-22/h6-18H,19H2,1-5H3,(H,34,37)(H,36,39)(H,32,33,35). The number of fused-ring (bicyclic) bond motifs is 1. The van der Waals surface area contributed by atoms with Crippen molar-refractivity contribution in [1.82, 2.24) is 20.2 Å². The summed E-state index contributed by atoms with van der Waals surface area (Å²) in [4.78, 5) is 24.1. The zero-order valence-corrected chi connectivity index (χ0v) is 23.3. The number of nitrogens with one attached hydrogen (secondary N) is 3. The molecule has 0 atom stereocenters. The van der Waals surface area contributed by atoms with E-state index < -0.39 is 0 Å². The largest absolute Gasteiger partial charge is 0.487 e. The summed E-state index contributed by atoms with van der Waals surface area (Å²) >= 11 is 0. The molecule has 0 aliphatic carbocycles. The fourth-order valence-electron chi connectivity index (χ4n) is 4.46. The maximum atomic E-state index is 13.9. The number of anilines is 4. The molecular weight excluding hydrogens is 502 g/mol. The summed E-state index contributed by atoms with van der Waals surface area (Å²) in [5.41, 5.74) is 4.22. The van der Waals surface area contributed by atoms with Crippen molar-refractivity contribution < 1.29 is 9.53 Å². The monoisotopic (exact) mass is 535 g/mol. The van der Waals surface area contributed by atoms with Crippen molar-refractivity contribution in [3.8, 4) is 5.75 Å². The summed E-state index contributed by atoms with van der Waals surface area (Å²) in [6.07, 6.45) is 3.33. The predicted octanol–water partition coefficient (Wildman–Crippen LogP) is 6.95. The highest BCUT2D eigenvalue weighted by Gasteiger charge is 2.24. The molecule has 0 aliphatic heterocycles. The smallest absolute Gasteiger partial charge is 0.332 e. The maximum Gasteiger partial charge on any atom is 0.332 e. The summed E-state index contributed by atoms with van der Waals surface area (Å²) in [6.45, 7) is 8.74. The number of ether oxygens (including phenoxy) is 1. The molecule has 9 heteroatoms. The highest BCUT2D eigenvalue weighted by Crippen LogP contribution is 2.35. The van der Waals surface area contributed by atoms with E-state index in [0.717, 1.165) is 33.3 Å². The number of H-pyrrole nitrogens is 1. The van der Waals surface area contributed by atoms with Gasteiger partial charge < -0.3 is 15.4 Å². The number of urea groups is 1. The average Bonchev–Trinajstić information content (AvgIpc) is 3.47. The summed E-state index contributed by atoms with van der Waals surface area (Å²) in [5.74, 6) is 1.80. The van der Waals surface area contributed by atoms with E-state index in [1.54, 1.807) is 30.4 Å². The van der Waals surface area contributed by atoms with Crippen LogP contribution in [-0.4, -0.2) is 33.2 Å². The zero-order valence-electron chi connectivity index (χ0n) is 23.3. The van der Waals surface area contributed by atoms with Gasteiger partial charge in [-0.25, -0.2) is 19.7 Å². The van der Waals surface area contributed by atoms with Gasteiger partial charge in [0, 0.05) is 30.1 Å². The number of benzene rings is 3. The van der Waals surface area contributed by atoms with Gasteiger partial charge in [0.25, 0.3) is 0 Å². The Hall–Kier alpha value is -4.92. The highest BCUT2D eigenvalue weighted by atomic mass is 16.5. The molecular formula is C31H33N7O2. The fourth-order valence-corrected chi connectivity index (χ4v) is 4.46. The Bertz CT molecular complexity index is 1640. The van der Waals surface area contributed by atoms with E-state index in [9.17, 15) is 4.79 Å². The van der Waals surface area contributed by atoms with Crippen LogP contribution in [0.5, 0.6) is 5.75 Å². The number of hydrogen-bond acceptors (Lipinski definition) is 6. The number of rotatable bonds is 7. The van der Waals surface area contributed by atoms with Crippen LogP contribution in [0, 0.1) is 6.92 Å². The van der Waals surface area contributed by atoms with Crippen molar-refractivity contribution in [2.24, 2.45) is 0 Å². The molecule has 0 saturated carbocycles. The number of carbonyl (C=O) groups excluding carboxylic acids is 1. The van der Waals surface area contributed by atoms with E-state index in [4.69, 9.17) is 4.74 Å². The van der Waals surface area contributed by atoms with Gasteiger partial charge in [-0.1, -0.05) is 57.2 Å². The summed E-state index contributed by atoms with van der Waals surface area (Å²) in [5, 5.41) is 14.9. The SMILES string of the molecule is CNc1nccc(COc2ccc(NC(=O)N(c3ccn[nH]3)c3cc(C(C)(C)C)ccc3C)c3ccccc23)n1. The first-order chi connectivity index (χ1) is 19.2. The third-order valence-electron chi connectivity index (χ3n) is 6.68. The number of amides is 2. The van der Waals surface area contributed by atoms with Gasteiger partial charge in [-0.05, 0) is 47.7 Å². The molecule has 0 bridgehead atoms. The predicted molar refractivity (Wildman–Crippen MR) is 159 cm³/mol. The van der Waals surface area contributed by atoms with Crippen molar-refractivity contribution in [2.75, 3.05) is 22.6 Å². The van der Waals surface area contributed by atoms with Gasteiger partial charge in [-0.3, -0.25) is 5.10 Å². The van der Waals surface area contributed by atoms with E-state index in [1.165, 1.54) is 0 Å². The van der Waals surface area contributed by atoms with Crippen LogP contribution in [0.3, 0.4) is 0 Å². The lowest BCUT2D eigenvalue weighted by atomic mass is 9.86. The average molecular weight is 536 g/mol. The molecule has 0 fully saturated rings. The van der Waals surface area contributed by atoms with Gasteiger partial charge in [-0.2, -0.15) is 5.10 Å². The number of aryl methyl sites for hydroxylation is 1. The lowest BCUT2D eigenvalue weighted by molar-refractivity contribution is 0.259. The normalized spacial score (nSPS) is 11.3. The van der Waals surface area contributed by atoms with E-state index in [1.807, 2.05) is 55.5 Å². The number of aromatic amines is 1. The molecule has 0 spiro atoms. The molecule has 3 aromatic carbocycles. The van der Waals surface area contributed by atoms with Crippen molar-refractivity contribution in [3.63, 3.8) is 0 Å². The van der Waals surface area contributed by atoms with Crippen LogP contribution in [0.15, 0.2) is 79.1 Å². The summed E-state index contributed by atoms with van der Waals surface area (Å²) < 4.78 is 6.15. The Labute approximate surface area is 233 Å². The van der Waals surface area contributed by atoms with E-state index in [-0.39, 0.29) is 18.1 Å². The van der Waals surface area contributed by atoms with Crippen molar-refractivity contribution in [1.29, 1.82) is 0 Å². The molecule has 204 valence electrons. The van der Waals surface area contributed by atoms with Gasteiger partial charge in [0.05, 0.1) is 23.3 Å². The molecule has 0 aliphatic rings. The number of carbonyl (C=O) groups is 1. The molecule has 0 unspecified atom stereocenters. The molecule has 0 radical (unpaired) electrons. The Morgan fingerprint density at radius 2 is 1.80 bits per heavy atom. The Morgan fingerprint density at radius 3 is 2.52 bits per heavy atom. The summed E-state index contributed by atoms with van der Waals surface area (Å²) in [7, 11) is 1.77. The van der Waals surface area contributed by atoms with Gasteiger partial charge >= 0.3 is 6.03 Å². The second kappa shape index (κ2) is 11.1. The molecule has 40 heavy (non-hydrogen) atoms. The maximum absolute atomic E-state index is 13.9. The summed E-state index contributed by atoms with van der Waals surface area (Å²) in [6, 6.07) is 21.1. The van der Waals surface area contributed by atoms with Crippen molar-refractivity contribution >= 4 is 39.9 Å². The topological polar surface area (TPSA) is 108 Å². The Balaban J connectivity index is 1.47. The first-order valence-corrected chi connectivity index (χ1v) is 13.1. The second-order valence-corrected chi connectivity index (χ2v) is 10.5. The van der Waals surface area contributed by atoms with E-state index in [0.29, 0.717) is 23.2 Å². The van der Waals surface area contributed by atoms with Gasteiger partial charge in [0.2, 0.25) is 5.95 Å². The van der Waals surface area contributed by atoms with Crippen LogP contribution in [0.2, 0.25) is 0 Å². The van der Waals surface area contributed by atoms with Crippen molar-refractivity contribution in [3.05, 3.63) is 95.9 Å². The molecule has 2 heterocycles. The number of nitrogens with zero attached hydrogens (tertiary/aromatic N) is 4. The molecule has 9 nitrogen and oxygen atoms in total.